The molecule has 0 aliphatic carbocycles. The van der Waals surface area contributed by atoms with E-state index in [0.717, 1.165) is 0 Å². The summed E-state index contributed by atoms with van der Waals surface area (Å²) in [7, 11) is 0. The number of hydrogen-bond acceptors (Lipinski definition) is 0. The summed E-state index contributed by atoms with van der Waals surface area (Å²) in [6.07, 6.45) is 6.72. The van der Waals surface area contributed by atoms with Crippen LogP contribution in [0.15, 0.2) is 24.3 Å². The molecule has 0 saturated carbocycles. The van der Waals surface area contributed by atoms with Gasteiger partial charge in [-0.25, -0.2) is 0 Å². The summed E-state index contributed by atoms with van der Waals surface area (Å²) in [6, 6.07) is 8.85. The third-order valence-corrected chi connectivity index (χ3v) is 2.80. The first-order chi connectivity index (χ1) is 6.88. The molecule has 0 aliphatic heterocycles. The van der Waals surface area contributed by atoms with Gasteiger partial charge in [0.25, 0.3) is 0 Å². The van der Waals surface area contributed by atoms with Crippen molar-refractivity contribution in [3.63, 3.8) is 0 Å². The van der Waals surface area contributed by atoms with Crippen molar-refractivity contribution in [1.82, 2.24) is 0 Å². The van der Waals surface area contributed by atoms with E-state index in [1.54, 1.807) is 5.56 Å². The molecule has 0 fully saturated rings. The first-order valence-electron chi connectivity index (χ1n) is 5.95. The molecule has 0 atom stereocenters. The van der Waals surface area contributed by atoms with Crippen molar-refractivity contribution in [3.8, 4) is 0 Å². The van der Waals surface area contributed by atoms with E-state index in [2.05, 4.69) is 48.9 Å². The van der Waals surface area contributed by atoms with Crippen LogP contribution in [0.4, 0.5) is 0 Å². The number of unbranched alkanes of at least 4 members (excludes halogenated alkanes) is 3. The summed E-state index contributed by atoms with van der Waals surface area (Å²) >= 11 is 2.24. The summed E-state index contributed by atoms with van der Waals surface area (Å²) in [4.78, 5) is 0. The molecule has 0 nitrogen and oxygen atoms in total. The zero-order valence-electron chi connectivity index (χ0n) is 9.55. The van der Waals surface area contributed by atoms with Gasteiger partial charge in [0.1, 0.15) is 0 Å². The molecule has 0 bridgehead atoms. The van der Waals surface area contributed by atoms with Crippen LogP contribution in [0, 0.1) is 0 Å². The second-order valence-electron chi connectivity index (χ2n) is 3.93. The van der Waals surface area contributed by atoms with Crippen LogP contribution < -0.4 is 0 Å². The Morgan fingerprint density at radius 3 is 2.36 bits per heavy atom. The van der Waals surface area contributed by atoms with Crippen LogP contribution in [0.2, 0.25) is 0 Å². The van der Waals surface area contributed by atoms with Gasteiger partial charge >= 0.3 is 97.2 Å². The fraction of sp³-hybridized carbons (Fsp3) is 0.538. The fourth-order valence-corrected chi connectivity index (χ4v) is 1.89. The van der Waals surface area contributed by atoms with Crippen molar-refractivity contribution in [2.75, 3.05) is 0 Å². The van der Waals surface area contributed by atoms with Crippen molar-refractivity contribution >= 4 is 17.7 Å². The van der Waals surface area contributed by atoms with Gasteiger partial charge in [0.2, 0.25) is 0 Å². The molecule has 14 heavy (non-hydrogen) atoms. The molecule has 0 aromatic heterocycles. The summed E-state index contributed by atoms with van der Waals surface area (Å²) < 4.78 is 0. The predicted molar refractivity (Wildman–Crippen MR) is 63.7 cm³/mol. The number of rotatable bonds is 6. The van der Waals surface area contributed by atoms with E-state index < -0.39 is 0 Å². The van der Waals surface area contributed by atoms with Crippen molar-refractivity contribution in [2.45, 2.75) is 44.1 Å². The Bertz CT molecular complexity index is 255. The van der Waals surface area contributed by atoms with Crippen molar-refractivity contribution in [3.05, 3.63) is 35.4 Å². The van der Waals surface area contributed by atoms with E-state index >= 15 is 0 Å². The molecule has 1 aromatic rings. The first-order valence-corrected chi connectivity index (χ1v) is 5.95. The maximum absolute atomic E-state index is 2.28. The molecule has 1 aromatic carbocycles. The Kier molecular flexibility index (Phi) is 6.08. The first kappa shape index (κ1) is 11.9. The van der Waals surface area contributed by atoms with E-state index in [1.165, 1.54) is 42.8 Å². The van der Waals surface area contributed by atoms with Gasteiger partial charge in [-0.05, 0) is 0 Å². The Hall–Kier alpha value is -0.183. The van der Waals surface area contributed by atoms with E-state index in [1.807, 2.05) is 0 Å². The normalized spacial score (nSPS) is 10.5. The van der Waals surface area contributed by atoms with Crippen molar-refractivity contribution in [2.24, 2.45) is 0 Å². The molecule has 0 radical (unpaired) electrons. The van der Waals surface area contributed by atoms with Crippen LogP contribution in [0.5, 0.6) is 0 Å². The molecular formula is C13H19Li. The molecule has 0 amide bonds. The van der Waals surface area contributed by atoms with Gasteiger partial charge in [-0.15, -0.1) is 0 Å². The number of benzene rings is 1. The molecule has 0 aliphatic rings. The van der Waals surface area contributed by atoms with Gasteiger partial charge in [0.15, 0.2) is 0 Å². The molecule has 0 saturated heterocycles. The van der Waals surface area contributed by atoms with Gasteiger partial charge in [-0.1, -0.05) is 0 Å². The van der Waals surface area contributed by atoms with E-state index in [4.69, 9.17) is 0 Å². The average molecular weight is 182 g/mol. The van der Waals surface area contributed by atoms with Crippen LogP contribution in [0.25, 0.3) is 0 Å². The molecule has 0 unspecified atom stereocenters. The summed E-state index contributed by atoms with van der Waals surface area (Å²) in [5.41, 5.74) is 3.09. The third kappa shape index (κ3) is 3.91. The second kappa shape index (κ2) is 7.15. The van der Waals surface area contributed by atoms with Crippen LogP contribution in [-0.4, -0.2) is 17.7 Å². The average Bonchev–Trinajstić information content (AvgIpc) is 2.25. The Morgan fingerprint density at radius 2 is 1.71 bits per heavy atom. The Morgan fingerprint density at radius 1 is 1.00 bits per heavy atom. The van der Waals surface area contributed by atoms with Gasteiger partial charge in [0.05, 0.1) is 0 Å². The molecule has 0 heterocycles. The monoisotopic (exact) mass is 182 g/mol. The van der Waals surface area contributed by atoms with E-state index in [-0.39, 0.29) is 0 Å². The van der Waals surface area contributed by atoms with Gasteiger partial charge < -0.3 is 0 Å². The van der Waals surface area contributed by atoms with Crippen molar-refractivity contribution < 1.29 is 0 Å². The summed E-state index contributed by atoms with van der Waals surface area (Å²) in [5.74, 6) is 0. The molecular weight excluding hydrogens is 163 g/mol. The van der Waals surface area contributed by atoms with Gasteiger partial charge in [0, 0.05) is 0 Å². The minimum absolute atomic E-state index is 1.17. The van der Waals surface area contributed by atoms with Crippen molar-refractivity contribution in [1.29, 1.82) is 0 Å². The molecule has 1 heteroatoms. The van der Waals surface area contributed by atoms with Crippen LogP contribution >= 0.6 is 0 Å². The summed E-state index contributed by atoms with van der Waals surface area (Å²) in [6.45, 7) is 2.26. The Balaban J connectivity index is 2.41. The zero-order valence-corrected chi connectivity index (χ0v) is 9.55. The maximum atomic E-state index is 2.28. The number of hydrogen-bond donors (Lipinski definition) is 0. The van der Waals surface area contributed by atoms with Gasteiger partial charge in [-0.3, -0.25) is 0 Å². The van der Waals surface area contributed by atoms with Gasteiger partial charge in [-0.2, -0.15) is 0 Å². The second-order valence-corrected chi connectivity index (χ2v) is 3.93. The standard InChI is InChI=1S/C13H19.Li/c1-3-4-5-6-10-13-11-8-7-9-12(13)2;/h7-9,11H,2-6,10H2,1H3;. The fourth-order valence-electron chi connectivity index (χ4n) is 1.89. The molecule has 72 valence electrons. The Labute approximate surface area is 97.3 Å². The zero-order chi connectivity index (χ0) is 10.2. The van der Waals surface area contributed by atoms with Crippen LogP contribution in [0.1, 0.15) is 43.7 Å². The number of aryl methyl sites for hydroxylation is 1. The van der Waals surface area contributed by atoms with Crippen LogP contribution in [0.3, 0.4) is 0 Å². The van der Waals surface area contributed by atoms with Crippen LogP contribution in [-0.2, 0) is 11.5 Å². The molecule has 0 N–H and O–H groups in total. The van der Waals surface area contributed by atoms with E-state index in [0.29, 0.717) is 0 Å². The third-order valence-electron chi connectivity index (χ3n) is 2.80. The van der Waals surface area contributed by atoms with E-state index in [9.17, 15) is 0 Å². The molecule has 1 rings (SSSR count). The SMILES string of the molecule is [Li][CH2]c1ccccc1CCCCCC. The topological polar surface area (TPSA) is 0 Å². The predicted octanol–water partition coefficient (Wildman–Crippen LogP) is 3.48. The quantitative estimate of drug-likeness (QED) is 0.466. The minimum atomic E-state index is 1.17. The summed E-state index contributed by atoms with van der Waals surface area (Å²) in [5, 5.41) is 1.17. The molecule has 0 spiro atoms.